The zero-order valence-corrected chi connectivity index (χ0v) is 10.8. The summed E-state index contributed by atoms with van der Waals surface area (Å²) in [5.41, 5.74) is 0.197. The zero-order valence-electron chi connectivity index (χ0n) is 10.8. The summed E-state index contributed by atoms with van der Waals surface area (Å²) in [6.45, 7) is 0.349. The van der Waals surface area contributed by atoms with Crippen LogP contribution in [0.25, 0.3) is 0 Å². The lowest BCUT2D eigenvalue weighted by Crippen LogP contribution is -2.17. The van der Waals surface area contributed by atoms with Gasteiger partial charge in [-0.25, -0.2) is 4.79 Å². The van der Waals surface area contributed by atoms with Gasteiger partial charge < -0.3 is 9.84 Å². The van der Waals surface area contributed by atoms with Gasteiger partial charge in [-0.15, -0.1) is 12.3 Å². The van der Waals surface area contributed by atoms with Crippen molar-refractivity contribution < 1.29 is 24.2 Å². The number of unbranched alkanes of at least 4 members (excludes halogenated alkanes) is 1. The van der Waals surface area contributed by atoms with E-state index in [0.29, 0.717) is 25.2 Å². The molecule has 0 fully saturated rings. The number of Topliss-reactive ketones (excluding diaryl/α,β-unsaturated/α-hetero) is 2. The average Bonchev–Trinajstić information content (AvgIpc) is 2.43. The van der Waals surface area contributed by atoms with Crippen LogP contribution in [0, 0.1) is 12.3 Å². The monoisotopic (exact) mass is 274 g/mol. The van der Waals surface area contributed by atoms with Crippen molar-refractivity contribution >= 4 is 17.5 Å². The number of hydrogen-bond donors (Lipinski definition) is 1. The van der Waals surface area contributed by atoms with Crippen LogP contribution in [0.15, 0.2) is 24.3 Å². The molecule has 1 aromatic rings. The zero-order chi connectivity index (χ0) is 15.0. The fraction of sp³-hybridized carbons (Fsp3) is 0.267. The van der Waals surface area contributed by atoms with Crippen molar-refractivity contribution in [3.8, 4) is 18.1 Å². The first-order chi connectivity index (χ1) is 9.56. The summed E-state index contributed by atoms with van der Waals surface area (Å²) in [6.07, 6.45) is 5.65. The van der Waals surface area contributed by atoms with Crippen molar-refractivity contribution in [2.75, 3.05) is 6.61 Å². The van der Waals surface area contributed by atoms with Crippen LogP contribution in [-0.2, 0) is 9.59 Å². The van der Waals surface area contributed by atoms with Gasteiger partial charge in [0.2, 0.25) is 5.78 Å². The Balaban J connectivity index is 2.74. The minimum absolute atomic E-state index is 0.197. The van der Waals surface area contributed by atoms with Crippen LogP contribution in [0.4, 0.5) is 0 Å². The molecular formula is C15H14O5. The molecule has 0 spiro atoms. The largest absolute Gasteiger partial charge is 0.493 e. The van der Waals surface area contributed by atoms with Crippen LogP contribution < -0.4 is 4.74 Å². The Labute approximate surface area is 116 Å². The van der Waals surface area contributed by atoms with Gasteiger partial charge in [0.1, 0.15) is 5.75 Å². The molecule has 1 rings (SSSR count). The topological polar surface area (TPSA) is 80.7 Å². The number of terminal acetylenes is 1. The Bertz CT molecular complexity index is 554. The van der Waals surface area contributed by atoms with Gasteiger partial charge in [-0.3, -0.25) is 9.59 Å². The lowest BCUT2D eigenvalue weighted by Gasteiger charge is -2.09. The summed E-state index contributed by atoms with van der Waals surface area (Å²) in [5.74, 6) is -0.540. The molecule has 0 aliphatic rings. The van der Waals surface area contributed by atoms with E-state index in [1.807, 2.05) is 0 Å². The lowest BCUT2D eigenvalue weighted by molar-refractivity contribution is -0.148. The summed E-state index contributed by atoms with van der Waals surface area (Å²) in [6, 6.07) is 6.39. The number of benzene rings is 1. The molecule has 0 unspecified atom stereocenters. The molecule has 20 heavy (non-hydrogen) atoms. The van der Waals surface area contributed by atoms with Gasteiger partial charge in [-0.05, 0) is 18.6 Å². The van der Waals surface area contributed by atoms with E-state index in [-0.39, 0.29) is 5.56 Å². The number of para-hydroxylation sites is 1. The standard InChI is InChI=1S/C15H14O5/c1-2-3-6-9-20-14-8-5-4-7-11(14)12(16)10-13(17)15(18)19/h1,4-5,7-8H,3,6,9-10H2,(H,18,19). The molecule has 104 valence electrons. The third kappa shape index (κ3) is 4.58. The second kappa shape index (κ2) is 7.74. The SMILES string of the molecule is C#CCCCOc1ccccc1C(=O)CC(=O)C(=O)O. The lowest BCUT2D eigenvalue weighted by atomic mass is 10.1. The van der Waals surface area contributed by atoms with Crippen LogP contribution in [0.1, 0.15) is 29.6 Å². The molecule has 0 aromatic heterocycles. The summed E-state index contributed by atoms with van der Waals surface area (Å²) in [7, 11) is 0. The smallest absolute Gasteiger partial charge is 0.372 e. The quantitative estimate of drug-likeness (QED) is 0.256. The van der Waals surface area contributed by atoms with Gasteiger partial charge in [0.25, 0.3) is 0 Å². The number of ketones is 2. The molecule has 1 aromatic carbocycles. The van der Waals surface area contributed by atoms with E-state index in [4.69, 9.17) is 16.3 Å². The van der Waals surface area contributed by atoms with Crippen molar-refractivity contribution in [2.24, 2.45) is 0 Å². The molecule has 0 heterocycles. The van der Waals surface area contributed by atoms with E-state index in [1.165, 1.54) is 6.07 Å². The number of aliphatic carboxylic acids is 1. The number of carboxylic acids is 1. The molecule has 0 aliphatic carbocycles. The second-order valence-corrected chi connectivity index (χ2v) is 3.98. The second-order valence-electron chi connectivity index (χ2n) is 3.98. The number of hydrogen-bond acceptors (Lipinski definition) is 4. The highest BCUT2D eigenvalue weighted by Crippen LogP contribution is 2.20. The molecule has 0 radical (unpaired) electrons. The molecule has 0 amide bonds. The third-order valence-electron chi connectivity index (χ3n) is 2.47. The maximum Gasteiger partial charge on any atom is 0.372 e. The Kier molecular flexibility index (Phi) is 5.98. The fourth-order valence-corrected chi connectivity index (χ4v) is 1.50. The molecule has 0 saturated heterocycles. The minimum Gasteiger partial charge on any atom is -0.493 e. The third-order valence-corrected chi connectivity index (χ3v) is 2.47. The molecule has 0 aliphatic heterocycles. The molecule has 0 saturated carbocycles. The van der Waals surface area contributed by atoms with Gasteiger partial charge in [-0.1, -0.05) is 12.1 Å². The van der Waals surface area contributed by atoms with Crippen molar-refractivity contribution in [2.45, 2.75) is 19.3 Å². The van der Waals surface area contributed by atoms with E-state index in [2.05, 4.69) is 5.92 Å². The number of carboxylic acid groups (broad SMARTS) is 1. The van der Waals surface area contributed by atoms with E-state index in [1.54, 1.807) is 18.2 Å². The first kappa shape index (κ1) is 15.4. The average molecular weight is 274 g/mol. The van der Waals surface area contributed by atoms with Crippen LogP contribution in [0.2, 0.25) is 0 Å². The molecule has 5 heteroatoms. The van der Waals surface area contributed by atoms with Crippen molar-refractivity contribution in [1.29, 1.82) is 0 Å². The van der Waals surface area contributed by atoms with Gasteiger partial charge in [0.15, 0.2) is 5.78 Å². The highest BCUT2D eigenvalue weighted by atomic mass is 16.5. The number of rotatable bonds is 8. The summed E-state index contributed by atoms with van der Waals surface area (Å²) in [4.78, 5) is 33.4. The van der Waals surface area contributed by atoms with E-state index in [0.717, 1.165) is 0 Å². The summed E-state index contributed by atoms with van der Waals surface area (Å²) < 4.78 is 5.43. The van der Waals surface area contributed by atoms with E-state index in [9.17, 15) is 14.4 Å². The number of carbonyl (C=O) groups is 3. The van der Waals surface area contributed by atoms with Crippen LogP contribution in [0.5, 0.6) is 5.75 Å². The number of ether oxygens (including phenoxy) is 1. The van der Waals surface area contributed by atoms with Crippen molar-refractivity contribution in [3.05, 3.63) is 29.8 Å². The summed E-state index contributed by atoms with van der Waals surface area (Å²) >= 11 is 0. The van der Waals surface area contributed by atoms with Crippen LogP contribution in [-0.4, -0.2) is 29.2 Å². The molecule has 5 nitrogen and oxygen atoms in total. The van der Waals surface area contributed by atoms with Gasteiger partial charge in [-0.2, -0.15) is 0 Å². The van der Waals surface area contributed by atoms with Crippen molar-refractivity contribution in [3.63, 3.8) is 0 Å². The molecule has 0 bridgehead atoms. The van der Waals surface area contributed by atoms with Crippen LogP contribution >= 0.6 is 0 Å². The Hall–Kier alpha value is -2.61. The maximum absolute atomic E-state index is 11.9. The normalized spacial score (nSPS) is 9.55. The summed E-state index contributed by atoms with van der Waals surface area (Å²) in [5, 5.41) is 8.50. The first-order valence-electron chi connectivity index (χ1n) is 6.01. The Morgan fingerprint density at radius 2 is 1.95 bits per heavy atom. The number of carbonyl (C=O) groups excluding carboxylic acids is 2. The first-order valence-corrected chi connectivity index (χ1v) is 6.01. The molecule has 1 N–H and O–H groups in total. The van der Waals surface area contributed by atoms with Crippen molar-refractivity contribution in [1.82, 2.24) is 0 Å². The Morgan fingerprint density at radius 1 is 1.25 bits per heavy atom. The van der Waals surface area contributed by atoms with E-state index < -0.39 is 24.0 Å². The molecule has 0 atom stereocenters. The molecular weight excluding hydrogens is 260 g/mol. The Morgan fingerprint density at radius 3 is 2.60 bits per heavy atom. The van der Waals surface area contributed by atoms with E-state index >= 15 is 0 Å². The fourth-order valence-electron chi connectivity index (χ4n) is 1.50. The van der Waals surface area contributed by atoms with Gasteiger partial charge >= 0.3 is 5.97 Å². The van der Waals surface area contributed by atoms with Gasteiger partial charge in [0, 0.05) is 6.42 Å². The van der Waals surface area contributed by atoms with Gasteiger partial charge in [0.05, 0.1) is 18.6 Å². The van der Waals surface area contributed by atoms with Crippen LogP contribution in [0.3, 0.4) is 0 Å². The highest BCUT2D eigenvalue weighted by molar-refractivity contribution is 6.37. The highest BCUT2D eigenvalue weighted by Gasteiger charge is 2.20. The predicted octanol–water partition coefficient (Wildman–Crippen LogP) is 1.71. The minimum atomic E-state index is -1.62. The predicted molar refractivity (Wildman–Crippen MR) is 71.6 cm³/mol. The maximum atomic E-state index is 11.9.